The molecule has 3 aromatic rings. The van der Waals surface area contributed by atoms with Crippen molar-refractivity contribution in [3.8, 4) is 28.6 Å². The lowest BCUT2D eigenvalue weighted by Gasteiger charge is -1.99. The van der Waals surface area contributed by atoms with Gasteiger partial charge in [0.25, 0.3) is 5.89 Å². The number of nitrogens with zero attached hydrogens (tertiary/aromatic N) is 2. The highest BCUT2D eigenvalue weighted by Gasteiger charge is 2.15. The molecule has 1 aromatic heterocycles. The molecule has 3 rings (SSSR count). The molecule has 0 saturated heterocycles. The predicted octanol–water partition coefficient (Wildman–Crippen LogP) is 4.62. The molecule has 106 valence electrons. The number of halogens is 3. The Bertz CT molecular complexity index is 802. The maximum atomic E-state index is 13.4. The lowest BCUT2D eigenvalue weighted by molar-refractivity contribution is 0.425. The van der Waals surface area contributed by atoms with E-state index in [0.717, 1.165) is 3.57 Å². The van der Waals surface area contributed by atoms with Crippen LogP contribution in [0.5, 0.6) is 5.75 Å². The van der Waals surface area contributed by atoms with Gasteiger partial charge in [0.05, 0.1) is 5.56 Å². The van der Waals surface area contributed by atoms with Gasteiger partial charge in [-0.05, 0) is 59.0 Å². The molecule has 0 fully saturated rings. The molecule has 0 saturated carbocycles. The molecule has 2 aromatic carbocycles. The minimum Gasteiger partial charge on any atom is -0.507 e. The van der Waals surface area contributed by atoms with Crippen LogP contribution in [0.2, 0.25) is 0 Å². The van der Waals surface area contributed by atoms with Gasteiger partial charge < -0.3 is 9.63 Å². The minimum atomic E-state index is -0.400. The fraction of sp³-hybridized carbons (Fsp3) is 0. The number of hydrogen-bond donors (Lipinski definition) is 1. The van der Waals surface area contributed by atoms with E-state index in [0.29, 0.717) is 15.6 Å². The Kier molecular flexibility index (Phi) is 3.94. The van der Waals surface area contributed by atoms with E-state index in [1.807, 2.05) is 0 Å². The third kappa shape index (κ3) is 3.08. The van der Waals surface area contributed by atoms with Gasteiger partial charge in [0, 0.05) is 13.6 Å². The van der Waals surface area contributed by atoms with Gasteiger partial charge in [-0.25, -0.2) is 4.39 Å². The van der Waals surface area contributed by atoms with Crippen LogP contribution in [0, 0.1) is 9.39 Å². The summed E-state index contributed by atoms with van der Waals surface area (Å²) in [5, 5.41) is 13.7. The van der Waals surface area contributed by atoms with Crippen molar-refractivity contribution in [2.24, 2.45) is 0 Å². The second-order valence-electron chi connectivity index (χ2n) is 4.24. The SMILES string of the molecule is Oc1ccc(I)cc1-c1nc(-c2cc(F)cc(Br)c2)no1. The molecule has 0 aliphatic carbocycles. The molecule has 7 heteroatoms. The van der Waals surface area contributed by atoms with E-state index in [1.165, 1.54) is 12.1 Å². The van der Waals surface area contributed by atoms with Crippen molar-refractivity contribution in [1.82, 2.24) is 10.1 Å². The van der Waals surface area contributed by atoms with Crippen LogP contribution in [0.4, 0.5) is 4.39 Å². The fourth-order valence-corrected chi connectivity index (χ4v) is 2.77. The number of rotatable bonds is 2. The van der Waals surface area contributed by atoms with Crippen molar-refractivity contribution < 1.29 is 14.0 Å². The number of phenols is 1. The minimum absolute atomic E-state index is 0.0473. The van der Waals surface area contributed by atoms with Gasteiger partial charge in [0.15, 0.2) is 0 Å². The molecule has 1 heterocycles. The maximum Gasteiger partial charge on any atom is 0.262 e. The zero-order chi connectivity index (χ0) is 15.0. The third-order valence-corrected chi connectivity index (χ3v) is 3.86. The Balaban J connectivity index is 2.05. The summed E-state index contributed by atoms with van der Waals surface area (Å²) in [6.45, 7) is 0. The van der Waals surface area contributed by atoms with Crippen molar-refractivity contribution in [2.75, 3.05) is 0 Å². The summed E-state index contributed by atoms with van der Waals surface area (Å²) in [6, 6.07) is 9.39. The molecule has 4 nitrogen and oxygen atoms in total. The van der Waals surface area contributed by atoms with Crippen molar-refractivity contribution in [3.63, 3.8) is 0 Å². The zero-order valence-electron chi connectivity index (χ0n) is 10.3. The van der Waals surface area contributed by atoms with E-state index in [9.17, 15) is 9.50 Å². The Morgan fingerprint density at radius 3 is 2.76 bits per heavy atom. The van der Waals surface area contributed by atoms with Crippen LogP contribution in [0.1, 0.15) is 0 Å². The summed E-state index contributed by atoms with van der Waals surface area (Å²) in [5.74, 6) is 0.0822. The molecule has 21 heavy (non-hydrogen) atoms. The van der Waals surface area contributed by atoms with Crippen LogP contribution in [0.15, 0.2) is 45.4 Å². The number of aromatic nitrogens is 2. The van der Waals surface area contributed by atoms with Crippen molar-refractivity contribution in [1.29, 1.82) is 0 Å². The van der Waals surface area contributed by atoms with Crippen molar-refractivity contribution >= 4 is 38.5 Å². The van der Waals surface area contributed by atoms with E-state index in [1.54, 1.807) is 24.3 Å². The summed E-state index contributed by atoms with van der Waals surface area (Å²) < 4.78 is 20.1. The first-order valence-corrected chi connectivity index (χ1v) is 7.69. The molecular weight excluding hydrogens is 454 g/mol. The normalized spacial score (nSPS) is 10.8. The Morgan fingerprint density at radius 1 is 1.19 bits per heavy atom. The lowest BCUT2D eigenvalue weighted by atomic mass is 10.2. The first-order valence-electron chi connectivity index (χ1n) is 5.82. The van der Waals surface area contributed by atoms with Crippen LogP contribution in [-0.2, 0) is 0 Å². The van der Waals surface area contributed by atoms with Crippen LogP contribution in [0.25, 0.3) is 22.8 Å². The molecule has 0 spiro atoms. The molecular formula is C14H7BrFIN2O2. The first-order chi connectivity index (χ1) is 10.0. The summed E-state index contributed by atoms with van der Waals surface area (Å²) in [4.78, 5) is 4.21. The number of aromatic hydroxyl groups is 1. The number of phenolic OH excluding ortho intramolecular Hbond substituents is 1. The number of hydrogen-bond acceptors (Lipinski definition) is 4. The van der Waals surface area contributed by atoms with Gasteiger partial charge in [-0.1, -0.05) is 21.1 Å². The maximum absolute atomic E-state index is 13.4. The summed E-state index contributed by atoms with van der Waals surface area (Å²) in [7, 11) is 0. The molecule has 0 radical (unpaired) electrons. The molecule has 0 atom stereocenters. The van der Waals surface area contributed by atoms with Crippen molar-refractivity contribution in [2.45, 2.75) is 0 Å². The topological polar surface area (TPSA) is 59.2 Å². The highest BCUT2D eigenvalue weighted by molar-refractivity contribution is 14.1. The average molecular weight is 461 g/mol. The van der Waals surface area contributed by atoms with E-state index in [2.05, 4.69) is 48.7 Å². The van der Waals surface area contributed by atoms with E-state index < -0.39 is 5.82 Å². The second kappa shape index (κ2) is 5.72. The van der Waals surface area contributed by atoms with Crippen LogP contribution >= 0.6 is 38.5 Å². The Labute approximate surface area is 141 Å². The monoisotopic (exact) mass is 460 g/mol. The highest BCUT2D eigenvalue weighted by Crippen LogP contribution is 2.31. The molecule has 0 bridgehead atoms. The predicted molar refractivity (Wildman–Crippen MR) is 87.2 cm³/mol. The summed E-state index contributed by atoms with van der Waals surface area (Å²) in [5.41, 5.74) is 0.929. The van der Waals surface area contributed by atoms with Gasteiger partial charge in [0.1, 0.15) is 11.6 Å². The average Bonchev–Trinajstić information content (AvgIpc) is 2.90. The van der Waals surface area contributed by atoms with Gasteiger partial charge in [-0.2, -0.15) is 4.98 Å². The second-order valence-corrected chi connectivity index (χ2v) is 6.40. The molecule has 0 amide bonds. The summed E-state index contributed by atoms with van der Waals surface area (Å²) >= 11 is 5.34. The summed E-state index contributed by atoms with van der Waals surface area (Å²) in [6.07, 6.45) is 0. The molecule has 1 N–H and O–H groups in total. The molecule has 0 unspecified atom stereocenters. The quantitative estimate of drug-likeness (QED) is 0.567. The lowest BCUT2D eigenvalue weighted by Crippen LogP contribution is -1.85. The van der Waals surface area contributed by atoms with E-state index >= 15 is 0 Å². The van der Waals surface area contributed by atoms with Gasteiger partial charge >= 0.3 is 0 Å². The number of benzene rings is 2. The smallest absolute Gasteiger partial charge is 0.262 e. The highest BCUT2D eigenvalue weighted by atomic mass is 127. The van der Waals surface area contributed by atoms with Crippen LogP contribution in [0.3, 0.4) is 0 Å². The van der Waals surface area contributed by atoms with Crippen LogP contribution < -0.4 is 0 Å². The first kappa shape index (κ1) is 14.5. The van der Waals surface area contributed by atoms with E-state index in [-0.39, 0.29) is 17.5 Å². The fourth-order valence-electron chi connectivity index (χ4n) is 1.81. The van der Waals surface area contributed by atoms with Crippen LogP contribution in [-0.4, -0.2) is 15.2 Å². The van der Waals surface area contributed by atoms with Gasteiger partial charge in [-0.15, -0.1) is 0 Å². The van der Waals surface area contributed by atoms with E-state index in [4.69, 9.17) is 4.52 Å². The Morgan fingerprint density at radius 2 is 2.00 bits per heavy atom. The van der Waals surface area contributed by atoms with Gasteiger partial charge in [0.2, 0.25) is 5.82 Å². The largest absolute Gasteiger partial charge is 0.507 e. The molecule has 0 aliphatic rings. The standard InChI is InChI=1S/C14H7BrFIN2O2/c15-8-3-7(4-9(16)5-8)13-18-14(21-19-13)11-6-10(17)1-2-12(11)20/h1-6,20H. The zero-order valence-corrected chi connectivity index (χ0v) is 14.1. The third-order valence-electron chi connectivity index (χ3n) is 2.74. The van der Waals surface area contributed by atoms with Crippen molar-refractivity contribution in [3.05, 3.63) is 50.3 Å². The molecule has 0 aliphatic heterocycles. The van der Waals surface area contributed by atoms with Gasteiger partial charge in [-0.3, -0.25) is 0 Å². The Hall–Kier alpha value is -1.48.